The molecule has 2 amide bonds. The van der Waals surface area contributed by atoms with Gasteiger partial charge in [0.05, 0.1) is 19.3 Å². The summed E-state index contributed by atoms with van der Waals surface area (Å²) in [6, 6.07) is 7.92. The quantitative estimate of drug-likeness (QED) is 0.237. The van der Waals surface area contributed by atoms with Crippen LogP contribution in [-0.2, 0) is 35.1 Å². The Labute approximate surface area is 209 Å². The molecule has 1 aromatic rings. The highest BCUT2D eigenvalue weighted by Crippen LogP contribution is 2.19. The molecule has 0 spiro atoms. The maximum absolute atomic E-state index is 13.2. The van der Waals surface area contributed by atoms with Gasteiger partial charge in [-0.3, -0.25) is 0 Å². The van der Waals surface area contributed by atoms with E-state index in [0.29, 0.717) is 24.3 Å². The van der Waals surface area contributed by atoms with Gasteiger partial charge in [0.15, 0.2) is 6.04 Å². The van der Waals surface area contributed by atoms with Crippen molar-refractivity contribution in [2.75, 3.05) is 20.3 Å². The van der Waals surface area contributed by atoms with E-state index >= 15 is 0 Å². The summed E-state index contributed by atoms with van der Waals surface area (Å²) < 4.78 is 27.2. The van der Waals surface area contributed by atoms with Gasteiger partial charge in [-0.05, 0) is 66.9 Å². The van der Waals surface area contributed by atoms with Crippen LogP contribution >= 0.6 is 0 Å². The molecule has 1 unspecified atom stereocenters. The molecular weight excluding hydrogens is 454 g/mol. The van der Waals surface area contributed by atoms with E-state index in [4.69, 9.17) is 23.7 Å². The lowest BCUT2D eigenvalue weighted by molar-refractivity contribution is -0.157. The third kappa shape index (κ3) is 12.6. The van der Waals surface area contributed by atoms with Gasteiger partial charge in [0.2, 0.25) is 0 Å². The summed E-state index contributed by atoms with van der Waals surface area (Å²) in [6.45, 7) is 12.1. The fourth-order valence-electron chi connectivity index (χ4n) is 2.91. The van der Waals surface area contributed by atoms with Gasteiger partial charge < -0.3 is 23.7 Å². The Hall–Kier alpha value is -2.65. The Morgan fingerprint density at radius 2 is 1.46 bits per heavy atom. The van der Waals surface area contributed by atoms with Crippen LogP contribution in [0.1, 0.15) is 66.9 Å². The molecule has 0 saturated heterocycles. The summed E-state index contributed by atoms with van der Waals surface area (Å²) >= 11 is 0. The fraction of sp³-hybridized carbons (Fsp3) is 0.654. The summed E-state index contributed by atoms with van der Waals surface area (Å²) in [6.07, 6.45) is -1.28. The van der Waals surface area contributed by atoms with Crippen molar-refractivity contribution in [2.45, 2.75) is 91.3 Å². The van der Waals surface area contributed by atoms with Crippen molar-refractivity contribution in [3.63, 3.8) is 0 Å². The highest BCUT2D eigenvalue weighted by molar-refractivity contribution is 5.94. The summed E-state index contributed by atoms with van der Waals surface area (Å²) in [4.78, 5) is 40.0. The number of imide groups is 1. The topological polar surface area (TPSA) is 101 Å². The maximum Gasteiger partial charge on any atom is 0.420 e. The molecule has 2 atom stereocenters. The first kappa shape index (κ1) is 30.4. The first-order chi connectivity index (χ1) is 16.2. The van der Waals surface area contributed by atoms with E-state index in [0.717, 1.165) is 5.56 Å². The van der Waals surface area contributed by atoms with E-state index < -0.39 is 41.5 Å². The molecule has 0 aromatic heterocycles. The monoisotopic (exact) mass is 495 g/mol. The standard InChI is InChI=1S/C26H41NO8/c1-19(13-12-16-31-8)33-22(28)21(18-32-17-20-14-10-9-11-15-20)27(23(29)34-25(2,3)4)24(30)35-26(5,6)7/h9-11,14-15,19,21H,12-13,16-18H2,1-8H3/t19?,21-/m0/s1. The lowest BCUT2D eigenvalue weighted by atomic mass is 10.2. The average Bonchev–Trinajstić information content (AvgIpc) is 2.71. The predicted molar refractivity (Wildman–Crippen MR) is 131 cm³/mol. The fourth-order valence-corrected chi connectivity index (χ4v) is 2.91. The van der Waals surface area contributed by atoms with Gasteiger partial charge in [-0.25, -0.2) is 14.4 Å². The predicted octanol–water partition coefficient (Wildman–Crippen LogP) is 5.10. The molecule has 0 heterocycles. The zero-order chi connectivity index (χ0) is 26.6. The molecule has 0 saturated carbocycles. The van der Waals surface area contributed by atoms with Crippen LogP contribution in [0.15, 0.2) is 30.3 Å². The zero-order valence-electron chi connectivity index (χ0n) is 22.3. The van der Waals surface area contributed by atoms with Gasteiger partial charge in [-0.15, -0.1) is 0 Å². The molecule has 0 fully saturated rings. The number of ether oxygens (including phenoxy) is 5. The van der Waals surface area contributed by atoms with Gasteiger partial charge in [0, 0.05) is 13.7 Å². The van der Waals surface area contributed by atoms with Crippen LogP contribution in [0.4, 0.5) is 9.59 Å². The molecule has 1 aromatic carbocycles. The van der Waals surface area contributed by atoms with E-state index in [-0.39, 0.29) is 13.2 Å². The van der Waals surface area contributed by atoms with Crippen LogP contribution in [-0.4, -0.2) is 66.7 Å². The average molecular weight is 496 g/mol. The third-order valence-electron chi connectivity index (χ3n) is 4.43. The molecule has 198 valence electrons. The van der Waals surface area contributed by atoms with Crippen LogP contribution in [0.25, 0.3) is 0 Å². The van der Waals surface area contributed by atoms with Crippen molar-refractivity contribution in [1.82, 2.24) is 4.90 Å². The number of carbonyl (C=O) groups is 3. The van der Waals surface area contributed by atoms with Gasteiger partial charge in [0.1, 0.15) is 11.2 Å². The van der Waals surface area contributed by atoms with Crippen molar-refractivity contribution in [2.24, 2.45) is 0 Å². The molecule has 0 bridgehead atoms. The molecule has 0 radical (unpaired) electrons. The van der Waals surface area contributed by atoms with Crippen molar-refractivity contribution in [1.29, 1.82) is 0 Å². The van der Waals surface area contributed by atoms with Crippen LogP contribution in [0, 0.1) is 0 Å². The highest BCUT2D eigenvalue weighted by Gasteiger charge is 2.41. The largest absolute Gasteiger partial charge is 0.461 e. The number of amides is 2. The van der Waals surface area contributed by atoms with Crippen molar-refractivity contribution < 1.29 is 38.1 Å². The molecule has 0 N–H and O–H groups in total. The first-order valence-electron chi connectivity index (χ1n) is 11.8. The Kier molecular flexibility index (Phi) is 12.2. The number of hydrogen-bond donors (Lipinski definition) is 0. The Morgan fingerprint density at radius 1 is 0.914 bits per heavy atom. The van der Waals surface area contributed by atoms with Crippen molar-refractivity contribution in [3.05, 3.63) is 35.9 Å². The second-order valence-corrected chi connectivity index (χ2v) is 10.2. The first-order valence-corrected chi connectivity index (χ1v) is 11.8. The molecule has 1 rings (SSSR count). The minimum absolute atomic E-state index is 0.171. The van der Waals surface area contributed by atoms with Crippen LogP contribution in [0.3, 0.4) is 0 Å². The Bertz CT molecular complexity index is 770. The van der Waals surface area contributed by atoms with Crippen LogP contribution in [0.5, 0.6) is 0 Å². The summed E-state index contributed by atoms with van der Waals surface area (Å²) in [5, 5.41) is 0. The molecule has 35 heavy (non-hydrogen) atoms. The molecule has 0 aliphatic carbocycles. The number of rotatable bonds is 11. The minimum Gasteiger partial charge on any atom is -0.461 e. The SMILES string of the molecule is COCCCC(C)OC(=O)[C@H](COCc1ccccc1)N(C(=O)OC(C)(C)C)C(=O)OC(C)(C)C. The van der Waals surface area contributed by atoms with E-state index in [1.165, 1.54) is 0 Å². The number of methoxy groups -OCH3 is 1. The van der Waals surface area contributed by atoms with Crippen LogP contribution in [0.2, 0.25) is 0 Å². The van der Waals surface area contributed by atoms with Crippen LogP contribution < -0.4 is 0 Å². The van der Waals surface area contributed by atoms with E-state index in [9.17, 15) is 14.4 Å². The Morgan fingerprint density at radius 3 is 1.94 bits per heavy atom. The number of esters is 1. The zero-order valence-corrected chi connectivity index (χ0v) is 22.3. The number of benzene rings is 1. The summed E-state index contributed by atoms with van der Waals surface area (Å²) in [5.74, 6) is -0.792. The second-order valence-electron chi connectivity index (χ2n) is 10.2. The van der Waals surface area contributed by atoms with Gasteiger partial charge in [0.25, 0.3) is 0 Å². The lowest BCUT2D eigenvalue weighted by Crippen LogP contribution is -2.54. The summed E-state index contributed by atoms with van der Waals surface area (Å²) in [7, 11) is 1.59. The van der Waals surface area contributed by atoms with E-state index in [2.05, 4.69) is 0 Å². The van der Waals surface area contributed by atoms with Gasteiger partial charge in [-0.1, -0.05) is 30.3 Å². The Balaban J connectivity index is 3.18. The number of nitrogens with zero attached hydrogens (tertiary/aromatic N) is 1. The van der Waals surface area contributed by atoms with Gasteiger partial charge in [-0.2, -0.15) is 4.90 Å². The normalized spacial score (nSPS) is 13.5. The van der Waals surface area contributed by atoms with Gasteiger partial charge >= 0.3 is 18.2 Å². The lowest BCUT2D eigenvalue weighted by Gasteiger charge is -2.32. The molecule has 9 nitrogen and oxygen atoms in total. The number of carbonyl (C=O) groups excluding carboxylic acids is 3. The minimum atomic E-state index is -1.41. The van der Waals surface area contributed by atoms with E-state index in [1.807, 2.05) is 30.3 Å². The molecule has 0 aliphatic heterocycles. The molecule has 0 aliphatic rings. The number of hydrogen-bond acceptors (Lipinski definition) is 8. The third-order valence-corrected chi connectivity index (χ3v) is 4.43. The van der Waals surface area contributed by atoms with Crippen molar-refractivity contribution >= 4 is 18.2 Å². The maximum atomic E-state index is 13.2. The highest BCUT2D eigenvalue weighted by atomic mass is 16.6. The van der Waals surface area contributed by atoms with E-state index in [1.54, 1.807) is 55.6 Å². The molecule has 9 heteroatoms. The van der Waals surface area contributed by atoms with Crippen molar-refractivity contribution in [3.8, 4) is 0 Å². The molecular formula is C26H41NO8. The summed E-state index contributed by atoms with van der Waals surface area (Å²) in [5.41, 5.74) is -0.956. The smallest absolute Gasteiger partial charge is 0.420 e. The second kappa shape index (κ2) is 14.0.